The Morgan fingerprint density at radius 2 is 1.63 bits per heavy atom. The maximum absolute atomic E-state index is 13.0. The second kappa shape index (κ2) is 9.14. The third-order valence-electron chi connectivity index (χ3n) is 4.03. The number of nitrogens with one attached hydrogen (secondary N) is 1. The van der Waals surface area contributed by atoms with Gasteiger partial charge in [0.25, 0.3) is 0 Å². The van der Waals surface area contributed by atoms with E-state index in [1.54, 1.807) is 19.2 Å². The highest BCUT2D eigenvalue weighted by Crippen LogP contribution is 2.16. The molecule has 0 bridgehead atoms. The molecule has 0 atom stereocenters. The van der Waals surface area contributed by atoms with Gasteiger partial charge in [0.2, 0.25) is 0 Å². The van der Waals surface area contributed by atoms with E-state index in [0.717, 1.165) is 22.4 Å². The van der Waals surface area contributed by atoms with Crippen LogP contribution in [0.15, 0.2) is 72.8 Å². The van der Waals surface area contributed by atoms with E-state index in [1.165, 1.54) is 12.1 Å². The summed E-state index contributed by atoms with van der Waals surface area (Å²) < 4.78 is 23.9. The zero-order valence-electron chi connectivity index (χ0n) is 14.9. The molecule has 138 valence electrons. The zero-order valence-corrected chi connectivity index (χ0v) is 15.8. The summed E-state index contributed by atoms with van der Waals surface area (Å²) in [5, 5.41) is 3.25. The summed E-state index contributed by atoms with van der Waals surface area (Å²) in [5.74, 6) is 1.28. The minimum Gasteiger partial charge on any atom is -0.497 e. The Hall–Kier alpha value is -2.92. The number of halogens is 1. The SMILES string of the molecule is COc1ccc(CNC(=S)c2cccc(OCc3ccc(F)cc3)c2)cc1. The minimum atomic E-state index is -0.256. The van der Waals surface area contributed by atoms with Crippen LogP contribution in [-0.2, 0) is 13.2 Å². The van der Waals surface area contributed by atoms with Gasteiger partial charge in [-0.3, -0.25) is 0 Å². The van der Waals surface area contributed by atoms with Crippen LogP contribution in [0.25, 0.3) is 0 Å². The lowest BCUT2D eigenvalue weighted by molar-refractivity contribution is 0.306. The molecule has 0 radical (unpaired) electrons. The molecule has 0 unspecified atom stereocenters. The standard InChI is InChI=1S/C22H20FNO2S/c1-25-20-11-7-16(8-12-20)14-24-22(27)18-3-2-4-21(13-18)26-15-17-5-9-19(23)10-6-17/h2-13H,14-15H2,1H3,(H,24,27). The number of rotatable bonds is 7. The normalized spacial score (nSPS) is 10.3. The molecule has 0 aliphatic carbocycles. The maximum atomic E-state index is 13.0. The van der Waals surface area contributed by atoms with Gasteiger partial charge in [-0.25, -0.2) is 4.39 Å². The van der Waals surface area contributed by atoms with Crippen molar-refractivity contribution in [1.82, 2.24) is 5.32 Å². The second-order valence-corrected chi connectivity index (χ2v) is 6.38. The van der Waals surface area contributed by atoms with E-state index >= 15 is 0 Å². The number of ether oxygens (including phenoxy) is 2. The molecule has 3 aromatic carbocycles. The number of thiocarbonyl (C=S) groups is 1. The Balaban J connectivity index is 1.56. The molecule has 27 heavy (non-hydrogen) atoms. The van der Waals surface area contributed by atoms with Crippen molar-refractivity contribution >= 4 is 17.2 Å². The maximum Gasteiger partial charge on any atom is 0.123 e. The van der Waals surface area contributed by atoms with Gasteiger partial charge in [-0.1, -0.05) is 48.6 Å². The molecular formula is C22H20FNO2S. The van der Waals surface area contributed by atoms with Crippen molar-refractivity contribution in [1.29, 1.82) is 0 Å². The zero-order chi connectivity index (χ0) is 19.1. The van der Waals surface area contributed by atoms with Crippen molar-refractivity contribution in [2.24, 2.45) is 0 Å². The summed E-state index contributed by atoms with van der Waals surface area (Å²) in [6, 6.07) is 21.7. The predicted molar refractivity (Wildman–Crippen MR) is 109 cm³/mol. The first-order chi connectivity index (χ1) is 13.1. The Kier molecular flexibility index (Phi) is 6.39. The van der Waals surface area contributed by atoms with E-state index in [2.05, 4.69) is 5.32 Å². The first kappa shape index (κ1) is 18.9. The van der Waals surface area contributed by atoms with Crippen molar-refractivity contribution in [3.8, 4) is 11.5 Å². The van der Waals surface area contributed by atoms with Crippen LogP contribution in [0.4, 0.5) is 4.39 Å². The Labute approximate surface area is 163 Å². The van der Waals surface area contributed by atoms with Gasteiger partial charge in [-0.05, 0) is 47.5 Å². The van der Waals surface area contributed by atoms with Crippen LogP contribution in [0.2, 0.25) is 0 Å². The monoisotopic (exact) mass is 381 g/mol. The fourth-order valence-electron chi connectivity index (χ4n) is 2.50. The topological polar surface area (TPSA) is 30.5 Å². The molecule has 0 saturated carbocycles. The number of hydrogen-bond acceptors (Lipinski definition) is 3. The van der Waals surface area contributed by atoms with Gasteiger partial charge in [0, 0.05) is 12.1 Å². The van der Waals surface area contributed by atoms with E-state index in [0.29, 0.717) is 23.9 Å². The number of benzene rings is 3. The molecule has 3 nitrogen and oxygen atoms in total. The third-order valence-corrected chi connectivity index (χ3v) is 4.41. The summed E-state index contributed by atoms with van der Waals surface area (Å²) in [4.78, 5) is 0.651. The molecule has 0 aliphatic heterocycles. The van der Waals surface area contributed by atoms with E-state index in [-0.39, 0.29) is 5.82 Å². The lowest BCUT2D eigenvalue weighted by Crippen LogP contribution is -2.21. The summed E-state index contributed by atoms with van der Waals surface area (Å²) >= 11 is 5.49. The molecule has 0 aliphatic rings. The highest BCUT2D eigenvalue weighted by atomic mass is 32.1. The van der Waals surface area contributed by atoms with Gasteiger partial charge in [0.1, 0.15) is 28.9 Å². The molecule has 0 amide bonds. The lowest BCUT2D eigenvalue weighted by atomic mass is 10.2. The fraction of sp³-hybridized carbons (Fsp3) is 0.136. The molecule has 3 aromatic rings. The second-order valence-electron chi connectivity index (χ2n) is 5.97. The van der Waals surface area contributed by atoms with Crippen molar-refractivity contribution in [3.63, 3.8) is 0 Å². The smallest absolute Gasteiger partial charge is 0.123 e. The quantitative estimate of drug-likeness (QED) is 0.591. The molecule has 3 rings (SSSR count). The minimum absolute atomic E-state index is 0.256. The van der Waals surface area contributed by atoms with Gasteiger partial charge < -0.3 is 14.8 Å². The molecule has 1 N–H and O–H groups in total. The molecular weight excluding hydrogens is 361 g/mol. The number of hydrogen-bond donors (Lipinski definition) is 1. The van der Waals surface area contributed by atoms with Crippen molar-refractivity contribution < 1.29 is 13.9 Å². The van der Waals surface area contributed by atoms with Gasteiger partial charge in [-0.2, -0.15) is 0 Å². The molecule has 5 heteroatoms. The first-order valence-corrected chi connectivity index (χ1v) is 8.93. The third kappa shape index (κ3) is 5.53. The van der Waals surface area contributed by atoms with Gasteiger partial charge in [-0.15, -0.1) is 0 Å². The van der Waals surface area contributed by atoms with Gasteiger partial charge in [0.05, 0.1) is 7.11 Å². The van der Waals surface area contributed by atoms with Gasteiger partial charge in [0.15, 0.2) is 0 Å². The van der Waals surface area contributed by atoms with Crippen molar-refractivity contribution in [3.05, 3.63) is 95.3 Å². The van der Waals surface area contributed by atoms with E-state index in [4.69, 9.17) is 21.7 Å². The van der Waals surface area contributed by atoms with Crippen LogP contribution < -0.4 is 14.8 Å². The van der Waals surface area contributed by atoms with E-state index in [9.17, 15) is 4.39 Å². The van der Waals surface area contributed by atoms with Crippen LogP contribution in [0.3, 0.4) is 0 Å². The summed E-state index contributed by atoms with van der Waals surface area (Å²) in [5.41, 5.74) is 2.90. The van der Waals surface area contributed by atoms with Crippen LogP contribution in [0.1, 0.15) is 16.7 Å². The number of methoxy groups -OCH3 is 1. The fourth-order valence-corrected chi connectivity index (χ4v) is 2.70. The van der Waals surface area contributed by atoms with Crippen LogP contribution in [-0.4, -0.2) is 12.1 Å². The largest absolute Gasteiger partial charge is 0.497 e. The van der Waals surface area contributed by atoms with Crippen LogP contribution >= 0.6 is 12.2 Å². The van der Waals surface area contributed by atoms with E-state index in [1.807, 2.05) is 48.5 Å². The van der Waals surface area contributed by atoms with Crippen LogP contribution in [0, 0.1) is 5.82 Å². The van der Waals surface area contributed by atoms with E-state index < -0.39 is 0 Å². The molecule has 0 heterocycles. The molecule has 0 saturated heterocycles. The van der Waals surface area contributed by atoms with Gasteiger partial charge >= 0.3 is 0 Å². The molecule has 0 aromatic heterocycles. The highest BCUT2D eigenvalue weighted by Gasteiger charge is 2.04. The summed E-state index contributed by atoms with van der Waals surface area (Å²) in [6.07, 6.45) is 0. The van der Waals surface area contributed by atoms with Crippen molar-refractivity contribution in [2.75, 3.05) is 7.11 Å². The summed E-state index contributed by atoms with van der Waals surface area (Å²) in [6.45, 7) is 0.999. The predicted octanol–water partition coefficient (Wildman–Crippen LogP) is 4.88. The molecule has 0 fully saturated rings. The Bertz CT molecular complexity index is 895. The highest BCUT2D eigenvalue weighted by molar-refractivity contribution is 7.80. The average Bonchev–Trinajstić information content (AvgIpc) is 2.72. The molecule has 0 spiro atoms. The lowest BCUT2D eigenvalue weighted by Gasteiger charge is -2.11. The van der Waals surface area contributed by atoms with Crippen molar-refractivity contribution in [2.45, 2.75) is 13.2 Å². The Morgan fingerprint density at radius 3 is 2.33 bits per heavy atom. The first-order valence-electron chi connectivity index (χ1n) is 8.52. The van der Waals surface area contributed by atoms with Crippen LogP contribution in [0.5, 0.6) is 11.5 Å². The Morgan fingerprint density at radius 1 is 0.926 bits per heavy atom. The average molecular weight is 381 g/mol. The summed E-state index contributed by atoms with van der Waals surface area (Å²) in [7, 11) is 1.65.